The summed E-state index contributed by atoms with van der Waals surface area (Å²) >= 11 is 0. The number of carbonyl (C=O) groups excluding carboxylic acids is 2. The fraction of sp³-hybridized carbons (Fsp3) is 0.538. The lowest BCUT2D eigenvalue weighted by molar-refractivity contribution is -0.131. The lowest BCUT2D eigenvalue weighted by atomic mass is 10.1. The van der Waals surface area contributed by atoms with E-state index in [2.05, 4.69) is 20.4 Å². The molecule has 1 saturated heterocycles. The summed E-state index contributed by atoms with van der Waals surface area (Å²) in [7, 11) is 1.64. The Labute approximate surface area is 207 Å². The van der Waals surface area contributed by atoms with Gasteiger partial charge in [0.05, 0.1) is 12.8 Å². The lowest BCUT2D eigenvalue weighted by Gasteiger charge is -2.30. The zero-order chi connectivity index (χ0) is 25.0. The summed E-state index contributed by atoms with van der Waals surface area (Å²) < 4.78 is 5.30. The molecule has 3 amide bonds. The Morgan fingerprint density at radius 3 is 2.54 bits per heavy atom. The van der Waals surface area contributed by atoms with Crippen LogP contribution in [-0.4, -0.2) is 83.3 Å². The summed E-state index contributed by atoms with van der Waals surface area (Å²) in [6.45, 7) is 8.72. The minimum absolute atomic E-state index is 0.00210. The second-order valence-corrected chi connectivity index (χ2v) is 10.3. The summed E-state index contributed by atoms with van der Waals surface area (Å²) in [6.07, 6.45) is 2.76. The van der Waals surface area contributed by atoms with Gasteiger partial charge in [-0.25, -0.2) is 4.79 Å². The van der Waals surface area contributed by atoms with E-state index in [0.717, 1.165) is 48.6 Å². The van der Waals surface area contributed by atoms with E-state index in [1.54, 1.807) is 12.0 Å². The predicted octanol–water partition coefficient (Wildman–Crippen LogP) is 3.16. The molecular formula is C26H36N6O3. The van der Waals surface area contributed by atoms with Gasteiger partial charge < -0.3 is 24.8 Å². The zero-order valence-corrected chi connectivity index (χ0v) is 21.2. The van der Waals surface area contributed by atoms with Gasteiger partial charge in [0.2, 0.25) is 5.91 Å². The van der Waals surface area contributed by atoms with Crippen LogP contribution in [0.25, 0.3) is 11.3 Å². The summed E-state index contributed by atoms with van der Waals surface area (Å²) in [5.74, 6) is 1.58. The lowest BCUT2D eigenvalue weighted by Crippen LogP contribution is -2.52. The minimum Gasteiger partial charge on any atom is -0.497 e. The Morgan fingerprint density at radius 2 is 1.89 bits per heavy atom. The molecule has 0 spiro atoms. The number of ether oxygens (including phenoxy) is 1. The van der Waals surface area contributed by atoms with Gasteiger partial charge in [-0.05, 0) is 64.3 Å². The number of anilines is 1. The van der Waals surface area contributed by atoms with Crippen LogP contribution in [0.4, 0.5) is 10.6 Å². The smallest absolute Gasteiger partial charge is 0.318 e. The summed E-state index contributed by atoms with van der Waals surface area (Å²) in [6, 6.07) is 11.7. The third-order valence-corrected chi connectivity index (χ3v) is 6.22. The number of hydrogen-bond donors (Lipinski definition) is 1. The summed E-state index contributed by atoms with van der Waals surface area (Å²) in [5.41, 5.74) is 1.40. The van der Waals surface area contributed by atoms with E-state index in [-0.39, 0.29) is 30.1 Å². The Morgan fingerprint density at radius 1 is 1.09 bits per heavy atom. The number of urea groups is 1. The van der Waals surface area contributed by atoms with Crippen molar-refractivity contribution in [3.8, 4) is 17.0 Å². The molecule has 1 aromatic heterocycles. The molecule has 0 unspecified atom stereocenters. The number of carbonyl (C=O) groups is 2. The number of rotatable bonds is 6. The van der Waals surface area contributed by atoms with Crippen LogP contribution < -0.4 is 15.0 Å². The Hall–Kier alpha value is -3.36. The molecule has 2 heterocycles. The normalized spacial score (nSPS) is 16.5. The molecule has 35 heavy (non-hydrogen) atoms. The van der Waals surface area contributed by atoms with Crippen LogP contribution in [0.5, 0.6) is 5.75 Å². The maximum atomic E-state index is 13.1. The van der Waals surface area contributed by atoms with E-state index < -0.39 is 0 Å². The number of benzene rings is 1. The largest absolute Gasteiger partial charge is 0.497 e. The minimum atomic E-state index is -0.334. The van der Waals surface area contributed by atoms with Crippen molar-refractivity contribution >= 4 is 17.8 Å². The van der Waals surface area contributed by atoms with Crippen molar-refractivity contribution in [1.29, 1.82) is 0 Å². The van der Waals surface area contributed by atoms with Crippen LogP contribution in [0, 0.1) is 0 Å². The molecule has 1 aliphatic carbocycles. The topological polar surface area (TPSA) is 90.9 Å². The van der Waals surface area contributed by atoms with E-state index in [1.807, 2.05) is 62.1 Å². The molecule has 9 heteroatoms. The highest BCUT2D eigenvalue weighted by atomic mass is 16.5. The standard InChI is InChI=1S/C26H36N6O3/c1-26(2,3)27-25(34)32(20-9-10-20)18-24(33)31-14-6-13-30(15-16-31)23-12-11-22(28-29-23)19-7-5-8-21(17-19)35-4/h5,7-8,11-12,17,20H,6,9-10,13-16,18H2,1-4H3,(H,27,34). The molecule has 2 aromatic rings. The van der Waals surface area contributed by atoms with Gasteiger partial charge in [-0.3, -0.25) is 4.79 Å². The maximum Gasteiger partial charge on any atom is 0.318 e. The number of hydrogen-bond acceptors (Lipinski definition) is 6. The van der Waals surface area contributed by atoms with Gasteiger partial charge in [0.1, 0.15) is 12.3 Å². The van der Waals surface area contributed by atoms with Gasteiger partial charge in [0.15, 0.2) is 5.82 Å². The van der Waals surface area contributed by atoms with E-state index in [4.69, 9.17) is 4.74 Å². The summed E-state index contributed by atoms with van der Waals surface area (Å²) in [5, 5.41) is 11.9. The molecule has 0 bridgehead atoms. The first-order valence-corrected chi connectivity index (χ1v) is 12.3. The summed E-state index contributed by atoms with van der Waals surface area (Å²) in [4.78, 5) is 31.6. The fourth-order valence-corrected chi connectivity index (χ4v) is 4.22. The molecule has 1 aromatic carbocycles. The maximum absolute atomic E-state index is 13.1. The fourth-order valence-electron chi connectivity index (χ4n) is 4.22. The third-order valence-electron chi connectivity index (χ3n) is 6.22. The van der Waals surface area contributed by atoms with Crippen molar-refractivity contribution in [2.24, 2.45) is 0 Å². The van der Waals surface area contributed by atoms with E-state index >= 15 is 0 Å². The Kier molecular flexibility index (Phi) is 7.42. The van der Waals surface area contributed by atoms with Gasteiger partial charge in [-0.1, -0.05) is 12.1 Å². The molecule has 0 radical (unpaired) electrons. The first-order valence-electron chi connectivity index (χ1n) is 12.3. The van der Waals surface area contributed by atoms with E-state index in [1.165, 1.54) is 0 Å². The molecule has 4 rings (SSSR count). The SMILES string of the molecule is COc1cccc(-c2ccc(N3CCCN(C(=O)CN(C(=O)NC(C)(C)C)C4CC4)CC3)nn2)c1. The molecule has 9 nitrogen and oxygen atoms in total. The van der Waals surface area contributed by atoms with Gasteiger partial charge >= 0.3 is 6.03 Å². The quantitative estimate of drug-likeness (QED) is 0.683. The highest BCUT2D eigenvalue weighted by Crippen LogP contribution is 2.27. The molecular weight excluding hydrogens is 444 g/mol. The van der Waals surface area contributed by atoms with Gasteiger partial charge in [-0.2, -0.15) is 0 Å². The first kappa shape index (κ1) is 24.8. The van der Waals surface area contributed by atoms with Gasteiger partial charge in [0, 0.05) is 43.3 Å². The molecule has 188 valence electrons. The van der Waals surface area contributed by atoms with Crippen molar-refractivity contribution in [1.82, 2.24) is 25.3 Å². The highest BCUT2D eigenvalue weighted by Gasteiger charge is 2.36. The molecule has 1 saturated carbocycles. The number of methoxy groups -OCH3 is 1. The average molecular weight is 481 g/mol. The van der Waals surface area contributed by atoms with Crippen LogP contribution in [-0.2, 0) is 4.79 Å². The molecule has 1 N–H and O–H groups in total. The average Bonchev–Trinajstić information content (AvgIpc) is 3.68. The molecule has 1 aliphatic heterocycles. The number of nitrogens with one attached hydrogen (secondary N) is 1. The number of amides is 3. The van der Waals surface area contributed by atoms with Crippen molar-refractivity contribution in [2.75, 3.05) is 44.7 Å². The second kappa shape index (κ2) is 10.5. The van der Waals surface area contributed by atoms with Crippen LogP contribution in [0.2, 0.25) is 0 Å². The van der Waals surface area contributed by atoms with E-state index in [9.17, 15) is 9.59 Å². The van der Waals surface area contributed by atoms with Crippen molar-refractivity contribution in [2.45, 2.75) is 51.6 Å². The Bertz CT molecular complexity index is 1030. The van der Waals surface area contributed by atoms with Crippen LogP contribution in [0.3, 0.4) is 0 Å². The van der Waals surface area contributed by atoms with Gasteiger partial charge in [-0.15, -0.1) is 10.2 Å². The number of aromatic nitrogens is 2. The molecule has 2 fully saturated rings. The monoisotopic (exact) mass is 480 g/mol. The van der Waals surface area contributed by atoms with Gasteiger partial charge in [0.25, 0.3) is 0 Å². The van der Waals surface area contributed by atoms with Crippen LogP contribution in [0.1, 0.15) is 40.0 Å². The second-order valence-electron chi connectivity index (χ2n) is 10.3. The third kappa shape index (κ3) is 6.61. The van der Waals surface area contributed by atoms with Crippen molar-refractivity contribution in [3.63, 3.8) is 0 Å². The van der Waals surface area contributed by atoms with E-state index in [0.29, 0.717) is 19.6 Å². The van der Waals surface area contributed by atoms with Crippen molar-refractivity contribution in [3.05, 3.63) is 36.4 Å². The van der Waals surface area contributed by atoms with Crippen LogP contribution in [0.15, 0.2) is 36.4 Å². The van der Waals surface area contributed by atoms with Crippen molar-refractivity contribution < 1.29 is 14.3 Å². The molecule has 0 atom stereocenters. The zero-order valence-electron chi connectivity index (χ0n) is 21.2. The predicted molar refractivity (Wildman–Crippen MR) is 135 cm³/mol. The first-order chi connectivity index (χ1) is 16.7. The molecule has 2 aliphatic rings. The van der Waals surface area contributed by atoms with Crippen LogP contribution >= 0.6 is 0 Å². The number of nitrogens with zero attached hydrogens (tertiary/aromatic N) is 5. The Balaban J connectivity index is 1.35. The highest BCUT2D eigenvalue weighted by molar-refractivity contribution is 5.85.